The smallest absolute Gasteiger partial charge is 0.231 e. The SMILES string of the molecule is COc1cc2c(c3c1OCO3)CNCC2.Cl. The van der Waals surface area contributed by atoms with Crippen molar-refractivity contribution < 1.29 is 14.2 Å². The van der Waals surface area contributed by atoms with Crippen molar-refractivity contribution in [1.29, 1.82) is 0 Å². The van der Waals surface area contributed by atoms with Crippen LogP contribution in [0.3, 0.4) is 0 Å². The molecule has 0 aromatic heterocycles. The van der Waals surface area contributed by atoms with Gasteiger partial charge in [0.25, 0.3) is 0 Å². The predicted molar refractivity (Wildman–Crippen MR) is 61.8 cm³/mol. The summed E-state index contributed by atoms with van der Waals surface area (Å²) in [6.07, 6.45) is 1.02. The Bertz CT molecular complexity index is 409. The molecule has 0 saturated heterocycles. The third-order valence-electron chi connectivity index (χ3n) is 2.90. The van der Waals surface area contributed by atoms with Crippen LogP contribution in [-0.4, -0.2) is 20.4 Å². The van der Waals surface area contributed by atoms with E-state index in [-0.39, 0.29) is 12.4 Å². The van der Waals surface area contributed by atoms with Crippen LogP contribution >= 0.6 is 12.4 Å². The quantitative estimate of drug-likeness (QED) is 0.811. The van der Waals surface area contributed by atoms with Gasteiger partial charge < -0.3 is 19.5 Å². The predicted octanol–water partition coefficient (Wildman–Crippen LogP) is 1.49. The Kier molecular flexibility index (Phi) is 3.12. The average Bonchev–Trinajstić information content (AvgIpc) is 2.77. The molecular weight excluding hydrogens is 230 g/mol. The number of halogens is 1. The molecule has 2 heterocycles. The largest absolute Gasteiger partial charge is 0.493 e. The number of methoxy groups -OCH3 is 1. The fourth-order valence-corrected chi connectivity index (χ4v) is 2.15. The van der Waals surface area contributed by atoms with E-state index in [4.69, 9.17) is 14.2 Å². The Morgan fingerprint density at radius 3 is 2.94 bits per heavy atom. The van der Waals surface area contributed by atoms with Crippen molar-refractivity contribution in [3.05, 3.63) is 17.2 Å². The van der Waals surface area contributed by atoms with Crippen molar-refractivity contribution in [2.45, 2.75) is 13.0 Å². The van der Waals surface area contributed by atoms with Gasteiger partial charge >= 0.3 is 0 Å². The lowest BCUT2D eigenvalue weighted by Gasteiger charge is -2.19. The summed E-state index contributed by atoms with van der Waals surface area (Å²) in [7, 11) is 1.66. The summed E-state index contributed by atoms with van der Waals surface area (Å²) >= 11 is 0. The lowest BCUT2D eigenvalue weighted by Crippen LogP contribution is -2.23. The topological polar surface area (TPSA) is 39.7 Å². The van der Waals surface area contributed by atoms with Crippen molar-refractivity contribution in [2.24, 2.45) is 0 Å². The van der Waals surface area contributed by atoms with Gasteiger partial charge in [0, 0.05) is 12.1 Å². The van der Waals surface area contributed by atoms with E-state index < -0.39 is 0 Å². The maximum atomic E-state index is 5.50. The molecule has 4 nitrogen and oxygen atoms in total. The zero-order valence-corrected chi connectivity index (χ0v) is 9.86. The minimum Gasteiger partial charge on any atom is -0.493 e. The van der Waals surface area contributed by atoms with Crippen molar-refractivity contribution >= 4 is 12.4 Å². The van der Waals surface area contributed by atoms with Crippen LogP contribution < -0.4 is 19.5 Å². The molecule has 5 heteroatoms. The summed E-state index contributed by atoms with van der Waals surface area (Å²) in [6.45, 7) is 2.16. The first-order chi connectivity index (χ1) is 7.40. The molecule has 0 spiro atoms. The van der Waals surface area contributed by atoms with E-state index >= 15 is 0 Å². The number of nitrogens with one attached hydrogen (secondary N) is 1. The van der Waals surface area contributed by atoms with E-state index in [0.717, 1.165) is 36.8 Å². The summed E-state index contributed by atoms with van der Waals surface area (Å²) in [5.41, 5.74) is 2.52. The van der Waals surface area contributed by atoms with Crippen LogP contribution in [0.2, 0.25) is 0 Å². The highest BCUT2D eigenvalue weighted by molar-refractivity contribution is 5.85. The van der Waals surface area contributed by atoms with E-state index in [9.17, 15) is 0 Å². The standard InChI is InChI=1S/C11H13NO3.ClH/c1-13-9-4-7-2-3-12-5-8(7)10-11(9)15-6-14-10;/h4,12H,2-3,5-6H2,1H3;1H. The molecule has 3 rings (SSSR count). The van der Waals surface area contributed by atoms with Gasteiger partial charge in [-0.3, -0.25) is 0 Å². The van der Waals surface area contributed by atoms with Crippen molar-refractivity contribution in [2.75, 3.05) is 20.4 Å². The average molecular weight is 244 g/mol. The van der Waals surface area contributed by atoms with Gasteiger partial charge in [-0.25, -0.2) is 0 Å². The first-order valence-corrected chi connectivity index (χ1v) is 5.09. The maximum absolute atomic E-state index is 5.50. The minimum absolute atomic E-state index is 0. The van der Waals surface area contributed by atoms with E-state index in [1.54, 1.807) is 7.11 Å². The lowest BCUT2D eigenvalue weighted by molar-refractivity contribution is 0.170. The fourth-order valence-electron chi connectivity index (χ4n) is 2.15. The minimum atomic E-state index is 0. The number of fused-ring (bicyclic) bond motifs is 3. The van der Waals surface area contributed by atoms with Gasteiger partial charge in [-0.05, 0) is 24.6 Å². The van der Waals surface area contributed by atoms with Crippen LogP contribution in [0.15, 0.2) is 6.07 Å². The second kappa shape index (κ2) is 4.39. The molecule has 0 radical (unpaired) electrons. The molecule has 0 atom stereocenters. The van der Waals surface area contributed by atoms with Crippen molar-refractivity contribution in [1.82, 2.24) is 5.32 Å². The Morgan fingerprint density at radius 1 is 1.31 bits per heavy atom. The first kappa shape index (κ1) is 11.4. The van der Waals surface area contributed by atoms with Crippen LogP contribution in [0, 0.1) is 0 Å². The summed E-state index contributed by atoms with van der Waals surface area (Å²) in [5, 5.41) is 3.33. The summed E-state index contributed by atoms with van der Waals surface area (Å²) < 4.78 is 16.2. The zero-order chi connectivity index (χ0) is 10.3. The molecule has 0 unspecified atom stereocenters. The lowest BCUT2D eigenvalue weighted by atomic mass is 9.99. The zero-order valence-electron chi connectivity index (χ0n) is 9.04. The highest BCUT2D eigenvalue weighted by Crippen LogP contribution is 2.45. The number of benzene rings is 1. The van der Waals surface area contributed by atoms with Gasteiger partial charge in [0.05, 0.1) is 7.11 Å². The molecule has 2 aliphatic rings. The van der Waals surface area contributed by atoms with E-state index in [1.165, 1.54) is 11.1 Å². The molecule has 0 saturated carbocycles. The number of hydrogen-bond donors (Lipinski definition) is 1. The summed E-state index contributed by atoms with van der Waals surface area (Å²) in [4.78, 5) is 0. The van der Waals surface area contributed by atoms with Crippen LogP contribution in [-0.2, 0) is 13.0 Å². The monoisotopic (exact) mass is 243 g/mol. The Balaban J connectivity index is 0.000000963. The molecule has 2 aliphatic heterocycles. The van der Waals surface area contributed by atoms with Gasteiger partial charge in [0.2, 0.25) is 12.5 Å². The van der Waals surface area contributed by atoms with E-state index in [2.05, 4.69) is 11.4 Å². The molecular formula is C11H14ClNO3. The normalized spacial score (nSPS) is 16.3. The van der Waals surface area contributed by atoms with Crippen LogP contribution in [0.25, 0.3) is 0 Å². The molecule has 1 N–H and O–H groups in total. The molecule has 16 heavy (non-hydrogen) atoms. The van der Waals surface area contributed by atoms with Gasteiger partial charge in [0.1, 0.15) is 0 Å². The van der Waals surface area contributed by atoms with Gasteiger partial charge in [0.15, 0.2) is 11.5 Å². The molecule has 0 aliphatic carbocycles. The van der Waals surface area contributed by atoms with Gasteiger partial charge in [-0.1, -0.05) is 0 Å². The Morgan fingerprint density at radius 2 is 2.12 bits per heavy atom. The number of hydrogen-bond acceptors (Lipinski definition) is 4. The Labute approximate surface area is 100 Å². The van der Waals surface area contributed by atoms with Crippen LogP contribution in [0.5, 0.6) is 17.2 Å². The van der Waals surface area contributed by atoms with Crippen LogP contribution in [0.4, 0.5) is 0 Å². The number of ether oxygens (including phenoxy) is 3. The van der Waals surface area contributed by atoms with Gasteiger partial charge in [-0.15, -0.1) is 12.4 Å². The molecule has 1 aromatic carbocycles. The first-order valence-electron chi connectivity index (χ1n) is 5.09. The van der Waals surface area contributed by atoms with E-state index in [1.807, 2.05) is 0 Å². The molecule has 0 bridgehead atoms. The number of rotatable bonds is 1. The molecule has 0 amide bonds. The maximum Gasteiger partial charge on any atom is 0.231 e. The third kappa shape index (κ3) is 1.58. The fraction of sp³-hybridized carbons (Fsp3) is 0.455. The highest BCUT2D eigenvalue weighted by Gasteiger charge is 2.26. The van der Waals surface area contributed by atoms with Crippen molar-refractivity contribution in [3.8, 4) is 17.2 Å². The Hall–Kier alpha value is -1.13. The van der Waals surface area contributed by atoms with Gasteiger partial charge in [-0.2, -0.15) is 0 Å². The van der Waals surface area contributed by atoms with Crippen molar-refractivity contribution in [3.63, 3.8) is 0 Å². The van der Waals surface area contributed by atoms with E-state index in [0.29, 0.717) is 6.79 Å². The second-order valence-electron chi connectivity index (χ2n) is 3.71. The summed E-state index contributed by atoms with van der Waals surface area (Å²) in [5.74, 6) is 2.39. The molecule has 1 aromatic rings. The van der Waals surface area contributed by atoms with Crippen LogP contribution in [0.1, 0.15) is 11.1 Å². The highest BCUT2D eigenvalue weighted by atomic mass is 35.5. The third-order valence-corrected chi connectivity index (χ3v) is 2.90. The molecule has 0 fully saturated rings. The molecule has 88 valence electrons. The summed E-state index contributed by atoms with van der Waals surface area (Å²) in [6, 6.07) is 2.06. The second-order valence-corrected chi connectivity index (χ2v) is 3.71.